The molecule has 1 aromatic carbocycles. The lowest BCUT2D eigenvalue weighted by molar-refractivity contribution is -0.123. The van der Waals surface area contributed by atoms with Crippen molar-refractivity contribution in [2.45, 2.75) is 31.8 Å². The van der Waals surface area contributed by atoms with Gasteiger partial charge in [0.25, 0.3) is 5.91 Å². The predicted molar refractivity (Wildman–Crippen MR) is 94.3 cm³/mol. The summed E-state index contributed by atoms with van der Waals surface area (Å²) in [6, 6.07) is 6.91. The molecule has 1 aromatic heterocycles. The third-order valence-corrected chi connectivity index (χ3v) is 4.07. The zero-order valence-corrected chi connectivity index (χ0v) is 14.3. The number of carbonyl (C=O) groups is 2. The normalized spacial score (nSPS) is 18.5. The van der Waals surface area contributed by atoms with Crippen LogP contribution in [0.5, 0.6) is 0 Å². The van der Waals surface area contributed by atoms with Gasteiger partial charge in [-0.15, -0.1) is 12.4 Å². The van der Waals surface area contributed by atoms with Crippen molar-refractivity contribution < 1.29 is 9.59 Å². The Hall–Kier alpha value is -2.12. The van der Waals surface area contributed by atoms with Gasteiger partial charge in [0, 0.05) is 18.0 Å². The molecule has 4 N–H and O–H groups in total. The first kappa shape index (κ1) is 18.2. The number of halogens is 1. The molecule has 0 spiro atoms. The van der Waals surface area contributed by atoms with Crippen molar-refractivity contribution in [1.82, 2.24) is 26.1 Å². The number of nitrogens with one attached hydrogen (secondary N) is 4. The van der Waals surface area contributed by atoms with E-state index in [1.54, 1.807) is 6.92 Å². The van der Waals surface area contributed by atoms with Gasteiger partial charge >= 0.3 is 0 Å². The molecule has 130 valence electrons. The van der Waals surface area contributed by atoms with E-state index in [2.05, 4.69) is 26.1 Å². The lowest BCUT2D eigenvalue weighted by Gasteiger charge is -2.25. The van der Waals surface area contributed by atoms with E-state index in [0.717, 1.165) is 36.8 Å². The maximum atomic E-state index is 12.3. The maximum Gasteiger partial charge on any atom is 0.273 e. The highest BCUT2D eigenvalue weighted by atomic mass is 35.5. The number of benzene rings is 1. The average Bonchev–Trinajstić information content (AvgIpc) is 2.99. The number of nitrogens with zero attached hydrogens (tertiary/aromatic N) is 1. The summed E-state index contributed by atoms with van der Waals surface area (Å²) < 4.78 is 0. The second kappa shape index (κ2) is 8.12. The topological polar surface area (TPSA) is 98.9 Å². The highest BCUT2D eigenvalue weighted by molar-refractivity contribution is 6.05. The Morgan fingerprint density at radius 1 is 1.33 bits per heavy atom. The van der Waals surface area contributed by atoms with Crippen LogP contribution in [0.3, 0.4) is 0 Å². The molecule has 1 saturated heterocycles. The van der Waals surface area contributed by atoms with Crippen molar-refractivity contribution in [3.05, 3.63) is 30.0 Å². The number of fused-ring (bicyclic) bond motifs is 1. The molecule has 7 nitrogen and oxygen atoms in total. The van der Waals surface area contributed by atoms with Gasteiger partial charge in [0.2, 0.25) is 5.91 Å². The van der Waals surface area contributed by atoms with E-state index in [-0.39, 0.29) is 30.3 Å². The summed E-state index contributed by atoms with van der Waals surface area (Å²) in [5, 5.41) is 16.5. The first-order valence-electron chi connectivity index (χ1n) is 7.90. The molecule has 0 bridgehead atoms. The van der Waals surface area contributed by atoms with Crippen molar-refractivity contribution in [3.63, 3.8) is 0 Å². The van der Waals surface area contributed by atoms with Crippen LogP contribution in [-0.4, -0.2) is 47.2 Å². The number of H-pyrrole nitrogens is 1. The second-order valence-corrected chi connectivity index (χ2v) is 5.86. The van der Waals surface area contributed by atoms with Crippen molar-refractivity contribution in [2.75, 3.05) is 13.1 Å². The molecule has 24 heavy (non-hydrogen) atoms. The summed E-state index contributed by atoms with van der Waals surface area (Å²) in [6.45, 7) is 3.44. The minimum Gasteiger partial charge on any atom is -0.350 e. The van der Waals surface area contributed by atoms with Crippen LogP contribution in [0.2, 0.25) is 0 Å². The first-order chi connectivity index (χ1) is 11.1. The van der Waals surface area contributed by atoms with E-state index < -0.39 is 6.04 Å². The average molecular weight is 352 g/mol. The molecule has 2 atom stereocenters. The summed E-state index contributed by atoms with van der Waals surface area (Å²) in [7, 11) is 0. The van der Waals surface area contributed by atoms with Crippen LogP contribution in [0.25, 0.3) is 10.9 Å². The van der Waals surface area contributed by atoms with Crippen LogP contribution in [0, 0.1) is 0 Å². The molecular weight excluding hydrogens is 330 g/mol. The Balaban J connectivity index is 0.00000208. The van der Waals surface area contributed by atoms with E-state index >= 15 is 0 Å². The number of aromatic nitrogens is 2. The summed E-state index contributed by atoms with van der Waals surface area (Å²) in [6.07, 6.45) is 2.01. The van der Waals surface area contributed by atoms with Crippen molar-refractivity contribution in [3.8, 4) is 0 Å². The van der Waals surface area contributed by atoms with Gasteiger partial charge in [-0.2, -0.15) is 5.10 Å². The van der Waals surface area contributed by atoms with E-state index in [4.69, 9.17) is 0 Å². The van der Waals surface area contributed by atoms with Crippen LogP contribution in [0.1, 0.15) is 30.3 Å². The van der Waals surface area contributed by atoms with Crippen molar-refractivity contribution in [1.29, 1.82) is 0 Å². The fraction of sp³-hybridized carbons (Fsp3) is 0.438. The number of carbonyl (C=O) groups excluding carboxylic acids is 2. The molecule has 1 aliphatic rings. The number of aromatic amines is 1. The predicted octanol–water partition coefficient (Wildman–Crippen LogP) is 0.971. The van der Waals surface area contributed by atoms with Gasteiger partial charge in [-0.1, -0.05) is 18.2 Å². The third-order valence-electron chi connectivity index (χ3n) is 4.07. The molecular formula is C16H22ClN5O2. The molecule has 0 saturated carbocycles. The van der Waals surface area contributed by atoms with E-state index in [1.807, 2.05) is 24.3 Å². The molecule has 3 rings (SSSR count). The molecule has 1 fully saturated rings. The van der Waals surface area contributed by atoms with Gasteiger partial charge in [-0.25, -0.2) is 0 Å². The van der Waals surface area contributed by atoms with E-state index in [0.29, 0.717) is 5.69 Å². The fourth-order valence-corrected chi connectivity index (χ4v) is 2.77. The van der Waals surface area contributed by atoms with Crippen LogP contribution >= 0.6 is 12.4 Å². The summed E-state index contributed by atoms with van der Waals surface area (Å²) >= 11 is 0. The molecule has 1 aliphatic heterocycles. The minimum absolute atomic E-state index is 0. The molecule has 8 heteroatoms. The van der Waals surface area contributed by atoms with Gasteiger partial charge < -0.3 is 16.0 Å². The number of hydrogen-bond donors (Lipinski definition) is 4. The van der Waals surface area contributed by atoms with Crippen LogP contribution in [0.15, 0.2) is 24.3 Å². The zero-order chi connectivity index (χ0) is 16.2. The molecule has 2 amide bonds. The Kier molecular flexibility index (Phi) is 6.16. The van der Waals surface area contributed by atoms with Gasteiger partial charge in [0.05, 0.1) is 5.52 Å². The second-order valence-electron chi connectivity index (χ2n) is 5.86. The lowest BCUT2D eigenvalue weighted by atomic mass is 10.1. The van der Waals surface area contributed by atoms with Crippen LogP contribution in [0.4, 0.5) is 0 Å². The minimum atomic E-state index is -0.611. The Labute approximate surface area is 146 Å². The number of hydrogen-bond acceptors (Lipinski definition) is 4. The zero-order valence-electron chi connectivity index (χ0n) is 13.5. The number of piperidine rings is 1. The van der Waals surface area contributed by atoms with Gasteiger partial charge in [0.15, 0.2) is 5.69 Å². The first-order valence-corrected chi connectivity index (χ1v) is 7.90. The standard InChI is InChI=1S/C16H21N5O2.ClH/c1-10(15(22)19-11-5-4-8-17-9-11)18-16(23)14-12-6-2-3-7-13(12)20-21-14;/h2-3,6-7,10-11,17H,4-5,8-9H2,1H3,(H,18,23)(H,19,22)(H,20,21);1H. The van der Waals surface area contributed by atoms with Crippen LogP contribution in [-0.2, 0) is 4.79 Å². The SMILES string of the molecule is CC(NC(=O)c1n[nH]c2ccccc12)C(=O)NC1CCCNC1.Cl. The van der Waals surface area contributed by atoms with Gasteiger partial charge in [-0.05, 0) is 32.4 Å². The monoisotopic (exact) mass is 351 g/mol. The smallest absolute Gasteiger partial charge is 0.273 e. The van der Waals surface area contributed by atoms with Gasteiger partial charge in [-0.3, -0.25) is 14.7 Å². The molecule has 0 aliphatic carbocycles. The molecule has 0 radical (unpaired) electrons. The molecule has 2 unspecified atom stereocenters. The summed E-state index contributed by atoms with van der Waals surface area (Å²) in [4.78, 5) is 24.5. The highest BCUT2D eigenvalue weighted by Crippen LogP contribution is 2.14. The fourth-order valence-electron chi connectivity index (χ4n) is 2.77. The number of para-hydroxylation sites is 1. The molecule has 2 aromatic rings. The lowest BCUT2D eigenvalue weighted by Crippen LogP contribution is -2.52. The Morgan fingerprint density at radius 2 is 2.12 bits per heavy atom. The van der Waals surface area contributed by atoms with Crippen molar-refractivity contribution in [2.24, 2.45) is 0 Å². The maximum absolute atomic E-state index is 12.3. The summed E-state index contributed by atoms with van der Waals surface area (Å²) in [5.74, 6) is -0.529. The molecule has 2 heterocycles. The Morgan fingerprint density at radius 3 is 2.88 bits per heavy atom. The highest BCUT2D eigenvalue weighted by Gasteiger charge is 2.22. The number of amides is 2. The Bertz CT molecular complexity index is 711. The van der Waals surface area contributed by atoms with Crippen LogP contribution < -0.4 is 16.0 Å². The third kappa shape index (κ3) is 4.04. The number of rotatable bonds is 4. The summed E-state index contributed by atoms with van der Waals surface area (Å²) in [5.41, 5.74) is 1.10. The largest absolute Gasteiger partial charge is 0.350 e. The van der Waals surface area contributed by atoms with Crippen molar-refractivity contribution >= 4 is 35.1 Å². The van der Waals surface area contributed by atoms with E-state index in [9.17, 15) is 9.59 Å². The van der Waals surface area contributed by atoms with E-state index in [1.165, 1.54) is 0 Å². The quantitative estimate of drug-likeness (QED) is 0.659. The van der Waals surface area contributed by atoms with Gasteiger partial charge in [0.1, 0.15) is 6.04 Å².